The molecule has 1 aromatic heterocycles. The fraction of sp³-hybridized carbons (Fsp3) is 0.714. The van der Waals surface area contributed by atoms with Crippen molar-refractivity contribution in [3.8, 4) is 0 Å². The monoisotopic (exact) mass is 263 g/mol. The molecule has 106 valence electrons. The van der Waals surface area contributed by atoms with E-state index < -0.39 is 0 Å². The Morgan fingerprint density at radius 3 is 2.68 bits per heavy atom. The Morgan fingerprint density at radius 1 is 1.26 bits per heavy atom. The molecule has 1 aromatic rings. The zero-order valence-corrected chi connectivity index (χ0v) is 12.1. The number of anilines is 2. The molecule has 0 spiro atoms. The van der Waals surface area contributed by atoms with Crippen molar-refractivity contribution < 1.29 is 0 Å². The van der Waals surface area contributed by atoms with E-state index >= 15 is 0 Å². The Labute approximate surface area is 115 Å². The van der Waals surface area contributed by atoms with Gasteiger partial charge in [0.1, 0.15) is 5.82 Å². The Morgan fingerprint density at radius 2 is 2.00 bits per heavy atom. The van der Waals surface area contributed by atoms with E-state index in [9.17, 15) is 0 Å². The third-order valence-electron chi connectivity index (χ3n) is 3.99. The van der Waals surface area contributed by atoms with Gasteiger partial charge < -0.3 is 5.32 Å². The quantitative estimate of drug-likeness (QED) is 0.575. The van der Waals surface area contributed by atoms with Gasteiger partial charge in [-0.2, -0.15) is 4.98 Å². The third kappa shape index (κ3) is 3.56. The molecule has 5 heteroatoms. The molecule has 0 aromatic carbocycles. The van der Waals surface area contributed by atoms with Gasteiger partial charge in [-0.1, -0.05) is 26.7 Å². The van der Waals surface area contributed by atoms with Gasteiger partial charge in [0, 0.05) is 17.8 Å². The predicted molar refractivity (Wildman–Crippen MR) is 78.8 cm³/mol. The van der Waals surface area contributed by atoms with E-state index in [1.54, 1.807) is 0 Å². The number of nitrogens with zero attached hydrogens (tertiary/aromatic N) is 2. The van der Waals surface area contributed by atoms with Crippen LogP contribution in [0, 0.1) is 18.8 Å². The van der Waals surface area contributed by atoms with Crippen LogP contribution in [0.1, 0.15) is 45.2 Å². The van der Waals surface area contributed by atoms with Crippen LogP contribution in [0.4, 0.5) is 11.8 Å². The number of aryl methyl sites for hydroxylation is 1. The van der Waals surface area contributed by atoms with Crippen LogP contribution in [0.5, 0.6) is 0 Å². The largest absolute Gasteiger partial charge is 0.367 e. The molecule has 0 saturated heterocycles. The molecular weight excluding hydrogens is 238 g/mol. The third-order valence-corrected chi connectivity index (χ3v) is 3.99. The highest BCUT2D eigenvalue weighted by atomic mass is 15.3. The lowest BCUT2D eigenvalue weighted by molar-refractivity contribution is 0.253. The minimum Gasteiger partial charge on any atom is -0.367 e. The smallest absolute Gasteiger partial charge is 0.239 e. The Hall–Kier alpha value is -1.36. The average Bonchev–Trinajstić information content (AvgIpc) is 2.38. The van der Waals surface area contributed by atoms with E-state index in [2.05, 4.69) is 34.6 Å². The van der Waals surface area contributed by atoms with Gasteiger partial charge in [-0.05, 0) is 31.6 Å². The van der Waals surface area contributed by atoms with E-state index in [4.69, 9.17) is 5.84 Å². The van der Waals surface area contributed by atoms with Gasteiger partial charge in [-0.25, -0.2) is 10.8 Å². The van der Waals surface area contributed by atoms with Crippen molar-refractivity contribution in [3.63, 3.8) is 0 Å². The molecule has 0 radical (unpaired) electrons. The van der Waals surface area contributed by atoms with Crippen molar-refractivity contribution in [2.24, 2.45) is 17.7 Å². The van der Waals surface area contributed by atoms with E-state index in [1.165, 1.54) is 25.7 Å². The number of hydrazine groups is 1. The van der Waals surface area contributed by atoms with Crippen LogP contribution in [0.3, 0.4) is 0 Å². The zero-order chi connectivity index (χ0) is 13.8. The van der Waals surface area contributed by atoms with Crippen LogP contribution in [0.25, 0.3) is 0 Å². The highest BCUT2D eigenvalue weighted by molar-refractivity contribution is 5.42. The van der Waals surface area contributed by atoms with Crippen LogP contribution in [0.15, 0.2) is 6.07 Å². The fourth-order valence-corrected chi connectivity index (χ4v) is 3.03. The van der Waals surface area contributed by atoms with E-state index in [0.717, 1.165) is 17.4 Å². The first-order valence-electron chi connectivity index (χ1n) is 7.19. The molecular formula is C14H25N5. The molecule has 1 aliphatic carbocycles. The normalized spacial score (nSPS) is 23.4. The van der Waals surface area contributed by atoms with Crippen LogP contribution in [-0.2, 0) is 0 Å². The molecule has 19 heavy (non-hydrogen) atoms. The van der Waals surface area contributed by atoms with Gasteiger partial charge in [0.15, 0.2) is 0 Å². The summed E-state index contributed by atoms with van der Waals surface area (Å²) in [6.07, 6.45) is 5.17. The maximum absolute atomic E-state index is 5.39. The van der Waals surface area contributed by atoms with Crippen molar-refractivity contribution in [2.45, 2.75) is 52.5 Å². The molecule has 2 rings (SSSR count). The summed E-state index contributed by atoms with van der Waals surface area (Å²) in [5.41, 5.74) is 3.44. The maximum Gasteiger partial charge on any atom is 0.239 e. The van der Waals surface area contributed by atoms with Gasteiger partial charge in [-0.15, -0.1) is 0 Å². The van der Waals surface area contributed by atoms with Crippen molar-refractivity contribution in [2.75, 3.05) is 10.7 Å². The molecule has 1 fully saturated rings. The van der Waals surface area contributed by atoms with E-state index in [-0.39, 0.29) is 0 Å². The predicted octanol–water partition coefficient (Wildman–Crippen LogP) is 2.70. The number of aromatic nitrogens is 2. The Kier molecular flexibility index (Phi) is 4.58. The van der Waals surface area contributed by atoms with Crippen molar-refractivity contribution in [1.82, 2.24) is 9.97 Å². The summed E-state index contributed by atoms with van der Waals surface area (Å²) in [4.78, 5) is 8.59. The molecule has 2 unspecified atom stereocenters. The standard InChI is InChI=1S/C14H25N5/c1-9(2)11-6-4-5-7-12(11)17-13-8-10(3)16-14(18-13)19-15/h8-9,11-12H,4-7,15H2,1-3H3,(H2,16,17,18,19). The maximum atomic E-state index is 5.39. The zero-order valence-electron chi connectivity index (χ0n) is 12.1. The summed E-state index contributed by atoms with van der Waals surface area (Å²) >= 11 is 0. The first-order valence-corrected chi connectivity index (χ1v) is 7.19. The van der Waals surface area contributed by atoms with Crippen molar-refractivity contribution in [3.05, 3.63) is 11.8 Å². The van der Waals surface area contributed by atoms with E-state index in [1.807, 2.05) is 13.0 Å². The summed E-state index contributed by atoms with van der Waals surface area (Å²) in [7, 11) is 0. The minimum absolute atomic E-state index is 0.472. The number of hydrogen-bond donors (Lipinski definition) is 3. The molecule has 0 bridgehead atoms. The topological polar surface area (TPSA) is 75.9 Å². The Bertz CT molecular complexity index is 418. The van der Waals surface area contributed by atoms with Gasteiger partial charge in [0.05, 0.1) is 0 Å². The van der Waals surface area contributed by atoms with Crippen LogP contribution in [-0.4, -0.2) is 16.0 Å². The number of hydrogen-bond acceptors (Lipinski definition) is 5. The summed E-state index contributed by atoms with van der Waals surface area (Å²) in [5.74, 6) is 8.16. The average molecular weight is 263 g/mol. The second kappa shape index (κ2) is 6.19. The van der Waals surface area contributed by atoms with Crippen LogP contribution < -0.4 is 16.6 Å². The van der Waals surface area contributed by atoms with Gasteiger partial charge in [0.25, 0.3) is 0 Å². The molecule has 4 N–H and O–H groups in total. The van der Waals surface area contributed by atoms with Gasteiger partial charge in [-0.3, -0.25) is 5.43 Å². The minimum atomic E-state index is 0.472. The molecule has 1 heterocycles. The van der Waals surface area contributed by atoms with E-state index in [0.29, 0.717) is 17.9 Å². The highest BCUT2D eigenvalue weighted by Gasteiger charge is 2.27. The second-order valence-electron chi connectivity index (χ2n) is 5.81. The van der Waals surface area contributed by atoms with Crippen LogP contribution >= 0.6 is 0 Å². The highest BCUT2D eigenvalue weighted by Crippen LogP contribution is 2.32. The van der Waals surface area contributed by atoms with Gasteiger partial charge >= 0.3 is 0 Å². The van der Waals surface area contributed by atoms with Crippen molar-refractivity contribution >= 4 is 11.8 Å². The first kappa shape index (κ1) is 14.1. The number of nitrogen functional groups attached to an aromatic ring is 1. The molecule has 5 nitrogen and oxygen atoms in total. The fourth-order valence-electron chi connectivity index (χ4n) is 3.03. The first-order chi connectivity index (χ1) is 9.10. The van der Waals surface area contributed by atoms with Crippen LogP contribution in [0.2, 0.25) is 0 Å². The summed E-state index contributed by atoms with van der Waals surface area (Å²) in [6, 6.07) is 2.49. The van der Waals surface area contributed by atoms with Gasteiger partial charge in [0.2, 0.25) is 5.95 Å². The SMILES string of the molecule is Cc1cc(NC2CCCCC2C(C)C)nc(NN)n1. The lowest BCUT2D eigenvalue weighted by Crippen LogP contribution is -2.35. The lowest BCUT2D eigenvalue weighted by Gasteiger charge is -2.35. The number of rotatable bonds is 4. The lowest BCUT2D eigenvalue weighted by atomic mass is 9.78. The summed E-state index contributed by atoms with van der Waals surface area (Å²) in [5, 5.41) is 3.58. The molecule has 2 atom stereocenters. The molecule has 0 amide bonds. The summed E-state index contributed by atoms with van der Waals surface area (Å²) in [6.45, 7) is 6.57. The molecule has 0 aliphatic heterocycles. The Balaban J connectivity index is 2.12. The number of nitrogens with one attached hydrogen (secondary N) is 2. The summed E-state index contributed by atoms with van der Waals surface area (Å²) < 4.78 is 0. The molecule has 1 saturated carbocycles. The second-order valence-corrected chi connectivity index (χ2v) is 5.81. The number of nitrogens with two attached hydrogens (primary N) is 1. The van der Waals surface area contributed by atoms with Crippen molar-refractivity contribution in [1.29, 1.82) is 0 Å². The molecule has 1 aliphatic rings.